The van der Waals surface area contributed by atoms with E-state index in [1.807, 2.05) is 20.9 Å². The Morgan fingerprint density at radius 3 is 2.84 bits per heavy atom. The number of benzene rings is 1. The van der Waals surface area contributed by atoms with E-state index in [0.29, 0.717) is 0 Å². The van der Waals surface area contributed by atoms with E-state index < -0.39 is 0 Å². The van der Waals surface area contributed by atoms with Gasteiger partial charge in [-0.1, -0.05) is 18.2 Å². The molecular weight excluding hydrogens is 236 g/mol. The molecule has 1 amide bonds. The third-order valence-electron chi connectivity index (χ3n) is 4.00. The smallest absolute Gasteiger partial charge is 0.239 e. The lowest BCUT2D eigenvalue weighted by Gasteiger charge is -2.20. The Morgan fingerprint density at radius 1 is 1.37 bits per heavy atom. The van der Waals surface area contributed by atoms with Gasteiger partial charge in [-0.3, -0.25) is 4.79 Å². The van der Waals surface area contributed by atoms with Gasteiger partial charge < -0.3 is 10.2 Å². The summed E-state index contributed by atoms with van der Waals surface area (Å²) < 4.78 is 0. The molecule has 1 N–H and O–H groups in total. The fourth-order valence-corrected chi connectivity index (χ4v) is 2.58. The average molecular weight is 260 g/mol. The third kappa shape index (κ3) is 3.35. The van der Waals surface area contributed by atoms with Crippen LogP contribution in [0.4, 0.5) is 0 Å². The lowest BCUT2D eigenvalue weighted by molar-refractivity contribution is -0.131. The van der Waals surface area contributed by atoms with Gasteiger partial charge in [0.2, 0.25) is 5.91 Å². The van der Waals surface area contributed by atoms with Gasteiger partial charge in [-0.15, -0.1) is 0 Å². The van der Waals surface area contributed by atoms with Gasteiger partial charge in [-0.25, -0.2) is 0 Å². The molecule has 19 heavy (non-hydrogen) atoms. The van der Waals surface area contributed by atoms with Crippen molar-refractivity contribution in [3.8, 4) is 0 Å². The molecule has 1 aromatic rings. The molecule has 3 nitrogen and oxygen atoms in total. The number of rotatable bonds is 5. The molecule has 1 aliphatic carbocycles. The summed E-state index contributed by atoms with van der Waals surface area (Å²) in [4.78, 5) is 13.7. The van der Waals surface area contributed by atoms with E-state index in [1.165, 1.54) is 36.0 Å². The molecule has 1 aromatic carbocycles. The van der Waals surface area contributed by atoms with Crippen LogP contribution in [0.15, 0.2) is 18.2 Å². The Bertz CT molecular complexity index is 456. The van der Waals surface area contributed by atoms with Crippen molar-refractivity contribution in [3.05, 3.63) is 34.9 Å². The minimum Gasteiger partial charge on any atom is -0.345 e. The molecule has 1 aliphatic rings. The summed E-state index contributed by atoms with van der Waals surface area (Å²) in [6, 6.07) is 6.58. The van der Waals surface area contributed by atoms with Crippen molar-refractivity contribution in [1.82, 2.24) is 10.2 Å². The maximum absolute atomic E-state index is 11.9. The molecule has 104 valence electrons. The quantitative estimate of drug-likeness (QED) is 0.879. The molecule has 0 saturated heterocycles. The molecule has 0 aromatic heterocycles. The van der Waals surface area contributed by atoms with Crippen molar-refractivity contribution in [3.63, 3.8) is 0 Å². The number of hydrogen-bond acceptors (Lipinski definition) is 2. The summed E-state index contributed by atoms with van der Waals surface area (Å²) in [5, 5.41) is 3.31. The minimum atomic E-state index is -0.127. The first-order valence-electron chi connectivity index (χ1n) is 7.21. The van der Waals surface area contributed by atoms with Crippen LogP contribution in [-0.4, -0.2) is 30.4 Å². The summed E-state index contributed by atoms with van der Waals surface area (Å²) in [6.07, 6.45) is 3.71. The van der Waals surface area contributed by atoms with Gasteiger partial charge >= 0.3 is 0 Å². The number of fused-ring (bicyclic) bond motifs is 1. The second-order valence-corrected chi connectivity index (χ2v) is 5.41. The molecule has 1 atom stereocenters. The highest BCUT2D eigenvalue weighted by Gasteiger charge is 2.16. The zero-order valence-electron chi connectivity index (χ0n) is 12.2. The van der Waals surface area contributed by atoms with Crippen LogP contribution in [-0.2, 0) is 24.2 Å². The second kappa shape index (κ2) is 6.20. The van der Waals surface area contributed by atoms with Crippen molar-refractivity contribution < 1.29 is 4.79 Å². The van der Waals surface area contributed by atoms with E-state index in [1.54, 1.807) is 4.90 Å². The number of likely N-dealkylation sites (N-methyl/N-ethyl adjacent to an activating group) is 1. The molecule has 0 aliphatic heterocycles. The number of aryl methyl sites for hydroxylation is 2. The molecule has 0 fully saturated rings. The Kier molecular flexibility index (Phi) is 4.59. The fourth-order valence-electron chi connectivity index (χ4n) is 2.58. The van der Waals surface area contributed by atoms with Gasteiger partial charge in [-0.05, 0) is 49.8 Å². The van der Waals surface area contributed by atoms with Crippen molar-refractivity contribution in [2.75, 3.05) is 13.6 Å². The van der Waals surface area contributed by atoms with Crippen LogP contribution in [0, 0.1) is 0 Å². The zero-order chi connectivity index (χ0) is 13.8. The lowest BCUT2D eigenvalue weighted by Crippen LogP contribution is -2.42. The van der Waals surface area contributed by atoms with Crippen LogP contribution in [0.2, 0.25) is 0 Å². The van der Waals surface area contributed by atoms with Gasteiger partial charge in [-0.2, -0.15) is 0 Å². The van der Waals surface area contributed by atoms with E-state index in [9.17, 15) is 4.79 Å². The predicted octanol–water partition coefficient (Wildman–Crippen LogP) is 2.13. The van der Waals surface area contributed by atoms with Crippen molar-refractivity contribution in [2.24, 2.45) is 0 Å². The largest absolute Gasteiger partial charge is 0.345 e. The van der Waals surface area contributed by atoms with Gasteiger partial charge in [0.05, 0.1) is 6.04 Å². The molecule has 0 heterocycles. The maximum Gasteiger partial charge on any atom is 0.239 e. The monoisotopic (exact) mass is 260 g/mol. The highest BCUT2D eigenvalue weighted by atomic mass is 16.2. The van der Waals surface area contributed by atoms with Crippen LogP contribution < -0.4 is 5.32 Å². The van der Waals surface area contributed by atoms with E-state index in [2.05, 4.69) is 23.5 Å². The molecule has 3 heteroatoms. The number of amides is 1. The molecular formula is C16H24N2O. The van der Waals surface area contributed by atoms with Crippen LogP contribution in [0.1, 0.15) is 37.0 Å². The first-order chi connectivity index (χ1) is 9.11. The summed E-state index contributed by atoms with van der Waals surface area (Å²) >= 11 is 0. The molecule has 0 spiro atoms. The van der Waals surface area contributed by atoms with Crippen LogP contribution in [0.3, 0.4) is 0 Å². The van der Waals surface area contributed by atoms with Crippen LogP contribution >= 0.6 is 0 Å². The van der Waals surface area contributed by atoms with Gasteiger partial charge in [0.1, 0.15) is 0 Å². The SMILES string of the molecule is CCN(C)C(=O)C(C)NCc1ccc2c(c1)CCC2. The molecule has 0 radical (unpaired) electrons. The Balaban J connectivity index is 1.90. The number of hydrogen-bond donors (Lipinski definition) is 1. The predicted molar refractivity (Wildman–Crippen MR) is 78.1 cm³/mol. The minimum absolute atomic E-state index is 0.127. The standard InChI is InChI=1S/C16H24N2O/c1-4-18(3)16(19)12(2)17-11-13-8-9-14-6-5-7-15(14)10-13/h8-10,12,17H,4-7,11H2,1-3H3. The molecule has 1 unspecified atom stereocenters. The highest BCUT2D eigenvalue weighted by molar-refractivity contribution is 5.81. The van der Waals surface area contributed by atoms with Crippen molar-refractivity contribution >= 4 is 5.91 Å². The molecule has 2 rings (SSSR count). The summed E-state index contributed by atoms with van der Waals surface area (Å²) in [6.45, 7) is 5.44. The first kappa shape index (κ1) is 14.1. The third-order valence-corrected chi connectivity index (χ3v) is 4.00. The maximum atomic E-state index is 11.9. The number of carbonyl (C=O) groups excluding carboxylic acids is 1. The number of nitrogens with one attached hydrogen (secondary N) is 1. The van der Waals surface area contributed by atoms with Crippen LogP contribution in [0.25, 0.3) is 0 Å². The Labute approximate surface area is 116 Å². The van der Waals surface area contributed by atoms with Crippen LogP contribution in [0.5, 0.6) is 0 Å². The summed E-state index contributed by atoms with van der Waals surface area (Å²) in [7, 11) is 1.84. The number of nitrogens with zero attached hydrogens (tertiary/aromatic N) is 1. The lowest BCUT2D eigenvalue weighted by atomic mass is 10.1. The summed E-state index contributed by atoms with van der Waals surface area (Å²) in [5.74, 6) is 0.156. The topological polar surface area (TPSA) is 32.3 Å². The highest BCUT2D eigenvalue weighted by Crippen LogP contribution is 2.22. The Hall–Kier alpha value is -1.35. The zero-order valence-corrected chi connectivity index (χ0v) is 12.2. The van der Waals surface area contributed by atoms with Gasteiger partial charge in [0.15, 0.2) is 0 Å². The van der Waals surface area contributed by atoms with Gasteiger partial charge in [0.25, 0.3) is 0 Å². The van der Waals surface area contributed by atoms with E-state index in [-0.39, 0.29) is 11.9 Å². The first-order valence-corrected chi connectivity index (χ1v) is 7.21. The normalized spacial score (nSPS) is 15.1. The van der Waals surface area contributed by atoms with Crippen molar-refractivity contribution in [1.29, 1.82) is 0 Å². The molecule has 0 bridgehead atoms. The fraction of sp³-hybridized carbons (Fsp3) is 0.562. The Morgan fingerprint density at radius 2 is 2.11 bits per heavy atom. The summed E-state index contributed by atoms with van der Waals surface area (Å²) in [5.41, 5.74) is 4.27. The van der Waals surface area contributed by atoms with E-state index in [4.69, 9.17) is 0 Å². The second-order valence-electron chi connectivity index (χ2n) is 5.41. The van der Waals surface area contributed by atoms with Crippen molar-refractivity contribution in [2.45, 2.75) is 45.7 Å². The number of carbonyl (C=O) groups is 1. The van der Waals surface area contributed by atoms with Gasteiger partial charge in [0, 0.05) is 20.1 Å². The van der Waals surface area contributed by atoms with E-state index >= 15 is 0 Å². The molecule has 0 saturated carbocycles. The van der Waals surface area contributed by atoms with E-state index in [0.717, 1.165) is 13.1 Å². The average Bonchev–Trinajstić information content (AvgIpc) is 2.90.